The minimum atomic E-state index is -0.341. The van der Waals surface area contributed by atoms with Gasteiger partial charge in [-0.1, -0.05) is 60.7 Å². The van der Waals surface area contributed by atoms with Crippen LogP contribution in [-0.2, 0) is 9.53 Å². The third kappa shape index (κ3) is 3.28. The minimum Gasteiger partial charge on any atom is -0.466 e. The van der Waals surface area contributed by atoms with E-state index < -0.39 is 0 Å². The Morgan fingerprint density at radius 1 is 0.909 bits per heavy atom. The molecule has 0 saturated heterocycles. The fourth-order valence-corrected chi connectivity index (χ4v) is 5.28. The molecular weight excluding hydrogens is 291 g/mol. The van der Waals surface area contributed by atoms with Crippen molar-refractivity contribution in [3.8, 4) is 0 Å². The molecule has 0 aromatic heterocycles. The Balaban J connectivity index is 1.79. The second-order valence-electron chi connectivity index (χ2n) is 5.14. The summed E-state index contributed by atoms with van der Waals surface area (Å²) in [4.78, 5) is 11.6. The quantitative estimate of drug-likeness (QED) is 0.557. The van der Waals surface area contributed by atoms with Crippen LogP contribution in [0.3, 0.4) is 0 Å². The summed E-state index contributed by atoms with van der Waals surface area (Å²) in [6, 6.07) is 21.0. The maximum Gasteiger partial charge on any atom is 0.306 e. The Morgan fingerprint density at radius 2 is 1.41 bits per heavy atom. The van der Waals surface area contributed by atoms with E-state index in [4.69, 9.17) is 4.74 Å². The first-order valence-corrected chi connectivity index (χ1v) is 9.12. The number of ether oxygens (including phenoxy) is 1. The van der Waals surface area contributed by atoms with Crippen LogP contribution in [0.4, 0.5) is 0 Å². The van der Waals surface area contributed by atoms with Crippen molar-refractivity contribution in [2.24, 2.45) is 0 Å². The number of rotatable bonds is 6. The average Bonchev–Trinajstić information content (AvgIpc) is 3.29. The summed E-state index contributed by atoms with van der Waals surface area (Å²) in [6.07, 6.45) is 1.40. The van der Waals surface area contributed by atoms with Crippen LogP contribution in [0.5, 0.6) is 0 Å². The zero-order valence-corrected chi connectivity index (χ0v) is 13.6. The highest BCUT2D eigenvalue weighted by Crippen LogP contribution is 2.78. The van der Waals surface area contributed by atoms with Gasteiger partial charge in [0, 0.05) is 0 Å². The molecule has 112 valence electrons. The summed E-state index contributed by atoms with van der Waals surface area (Å²) >= 11 is 0. The van der Waals surface area contributed by atoms with E-state index in [1.54, 1.807) is 0 Å². The summed E-state index contributed by atoms with van der Waals surface area (Å²) in [6.45, 7) is 2.31. The van der Waals surface area contributed by atoms with Crippen molar-refractivity contribution in [1.29, 1.82) is 0 Å². The van der Waals surface area contributed by atoms with E-state index in [-0.39, 0.29) is 13.9 Å². The van der Waals surface area contributed by atoms with Gasteiger partial charge in [-0.3, -0.25) is 4.79 Å². The van der Waals surface area contributed by atoms with Crippen molar-refractivity contribution in [2.45, 2.75) is 13.3 Å². The van der Waals surface area contributed by atoms with Crippen molar-refractivity contribution in [2.75, 3.05) is 12.8 Å². The molecule has 0 spiro atoms. The van der Waals surface area contributed by atoms with Gasteiger partial charge in [0.2, 0.25) is 0 Å². The fraction of sp³-hybridized carbons (Fsp3) is 0.211. The number of hydrogen-bond acceptors (Lipinski definition) is 2. The van der Waals surface area contributed by atoms with E-state index in [0.717, 1.165) is 6.16 Å². The first-order chi connectivity index (χ1) is 10.8. The molecule has 0 unspecified atom stereocenters. The Bertz CT molecular complexity index is 628. The van der Waals surface area contributed by atoms with Gasteiger partial charge in [0.25, 0.3) is 0 Å². The lowest BCUT2D eigenvalue weighted by Gasteiger charge is -2.03. The topological polar surface area (TPSA) is 26.3 Å². The van der Waals surface area contributed by atoms with Crippen molar-refractivity contribution < 1.29 is 9.53 Å². The van der Waals surface area contributed by atoms with Crippen LogP contribution in [-0.4, -0.2) is 18.7 Å². The monoisotopic (exact) mass is 310 g/mol. The highest BCUT2D eigenvalue weighted by Gasteiger charge is 2.37. The predicted molar refractivity (Wildman–Crippen MR) is 92.7 cm³/mol. The number of carbonyl (C=O) groups is 1. The molecule has 1 heterocycles. The summed E-state index contributed by atoms with van der Waals surface area (Å²) in [5.41, 5.74) is 2.58. The SMILES string of the molecule is CCOC(=O)CCP1C(c2ccccc2)=C1c1ccccc1. The van der Waals surface area contributed by atoms with E-state index in [0.29, 0.717) is 13.0 Å². The largest absolute Gasteiger partial charge is 0.466 e. The molecule has 0 radical (unpaired) electrons. The Morgan fingerprint density at radius 3 is 1.86 bits per heavy atom. The summed E-state index contributed by atoms with van der Waals surface area (Å²) in [5.74, 6) is -0.0864. The van der Waals surface area contributed by atoms with Gasteiger partial charge in [0.05, 0.1) is 13.0 Å². The molecule has 2 aromatic rings. The first-order valence-electron chi connectivity index (χ1n) is 7.59. The molecule has 0 fully saturated rings. The lowest BCUT2D eigenvalue weighted by atomic mass is 10.1. The molecule has 0 aliphatic carbocycles. The highest BCUT2D eigenvalue weighted by atomic mass is 31.1. The number of hydrogen-bond donors (Lipinski definition) is 0. The molecular formula is C19H19O2P. The zero-order chi connectivity index (χ0) is 15.4. The van der Waals surface area contributed by atoms with Crippen LogP contribution in [0, 0.1) is 0 Å². The van der Waals surface area contributed by atoms with Gasteiger partial charge in [-0.2, -0.15) is 0 Å². The van der Waals surface area contributed by atoms with Gasteiger partial charge in [-0.25, -0.2) is 0 Å². The second-order valence-corrected chi connectivity index (χ2v) is 7.33. The van der Waals surface area contributed by atoms with Gasteiger partial charge >= 0.3 is 5.97 Å². The van der Waals surface area contributed by atoms with E-state index in [9.17, 15) is 4.79 Å². The number of carbonyl (C=O) groups excluding carboxylic acids is 1. The number of benzene rings is 2. The Hall–Kier alpha value is -1.92. The summed E-state index contributed by atoms with van der Waals surface area (Å²) in [7, 11) is -0.341. The third-order valence-electron chi connectivity index (χ3n) is 3.65. The molecule has 1 aliphatic rings. The van der Waals surface area contributed by atoms with Crippen LogP contribution in [0.2, 0.25) is 0 Å². The van der Waals surface area contributed by atoms with E-state index in [1.165, 1.54) is 21.8 Å². The molecule has 0 bridgehead atoms. The van der Waals surface area contributed by atoms with Gasteiger partial charge < -0.3 is 4.74 Å². The van der Waals surface area contributed by atoms with Crippen molar-refractivity contribution in [3.63, 3.8) is 0 Å². The second kappa shape index (κ2) is 6.89. The maximum absolute atomic E-state index is 11.6. The van der Waals surface area contributed by atoms with Crippen molar-refractivity contribution >= 4 is 24.5 Å². The van der Waals surface area contributed by atoms with Crippen LogP contribution in [0.1, 0.15) is 24.5 Å². The average molecular weight is 310 g/mol. The molecule has 3 rings (SSSR count). The Kier molecular flexibility index (Phi) is 4.70. The lowest BCUT2D eigenvalue weighted by molar-refractivity contribution is -0.142. The lowest BCUT2D eigenvalue weighted by Crippen LogP contribution is -2.04. The first kappa shape index (κ1) is 15.0. The minimum absolute atomic E-state index is 0.0864. The normalized spacial score (nSPS) is 14.0. The molecule has 0 atom stereocenters. The summed E-state index contributed by atoms with van der Waals surface area (Å²) in [5, 5.41) is 2.87. The van der Waals surface area contributed by atoms with Crippen LogP contribution in [0.15, 0.2) is 60.7 Å². The highest BCUT2D eigenvalue weighted by molar-refractivity contribution is 7.89. The molecule has 2 nitrogen and oxygen atoms in total. The molecule has 0 N–H and O–H groups in total. The van der Waals surface area contributed by atoms with Crippen LogP contribution >= 0.6 is 7.92 Å². The maximum atomic E-state index is 11.6. The smallest absolute Gasteiger partial charge is 0.306 e. The third-order valence-corrected chi connectivity index (χ3v) is 6.14. The number of esters is 1. The van der Waals surface area contributed by atoms with Crippen LogP contribution < -0.4 is 0 Å². The van der Waals surface area contributed by atoms with Crippen LogP contribution in [0.25, 0.3) is 10.6 Å². The van der Waals surface area contributed by atoms with Gasteiger partial charge in [0.1, 0.15) is 0 Å². The van der Waals surface area contributed by atoms with E-state index in [2.05, 4.69) is 48.5 Å². The van der Waals surface area contributed by atoms with Gasteiger partial charge in [0.15, 0.2) is 0 Å². The summed E-state index contributed by atoms with van der Waals surface area (Å²) < 4.78 is 5.05. The fourth-order valence-electron chi connectivity index (χ4n) is 2.64. The van der Waals surface area contributed by atoms with E-state index in [1.807, 2.05) is 19.1 Å². The predicted octanol–water partition coefficient (Wildman–Crippen LogP) is 4.96. The molecule has 2 aromatic carbocycles. The molecule has 0 amide bonds. The van der Waals surface area contributed by atoms with Gasteiger partial charge in [-0.05, 0) is 42.8 Å². The van der Waals surface area contributed by atoms with Crippen molar-refractivity contribution in [1.82, 2.24) is 0 Å². The molecule has 0 saturated carbocycles. The van der Waals surface area contributed by atoms with Gasteiger partial charge in [-0.15, -0.1) is 0 Å². The Labute approximate surface area is 132 Å². The molecule has 22 heavy (non-hydrogen) atoms. The standard InChI is InChI=1S/C19H19O2P/c1-2-21-17(20)13-14-22-18(15-9-5-3-6-10-15)19(22)16-11-7-4-8-12-16/h3-12H,2,13-14H2,1H3. The molecule has 1 aliphatic heterocycles. The molecule has 3 heteroatoms. The van der Waals surface area contributed by atoms with E-state index >= 15 is 0 Å². The zero-order valence-electron chi connectivity index (χ0n) is 12.7. The van der Waals surface area contributed by atoms with Crippen molar-refractivity contribution in [3.05, 3.63) is 71.8 Å².